The Morgan fingerprint density at radius 2 is 2.40 bits per heavy atom. The lowest BCUT2D eigenvalue weighted by Gasteiger charge is -2.34. The van der Waals surface area contributed by atoms with Crippen LogP contribution in [0.1, 0.15) is 36.1 Å². The number of nitrogens with zero attached hydrogens (tertiary/aromatic N) is 3. The molecule has 1 fully saturated rings. The summed E-state index contributed by atoms with van der Waals surface area (Å²) in [5, 5.41) is 9.55. The van der Waals surface area contributed by atoms with Crippen LogP contribution in [0.4, 0.5) is 0 Å². The van der Waals surface area contributed by atoms with Gasteiger partial charge in [0, 0.05) is 12.5 Å². The van der Waals surface area contributed by atoms with Gasteiger partial charge in [-0.3, -0.25) is 4.79 Å². The van der Waals surface area contributed by atoms with Gasteiger partial charge in [-0.25, -0.2) is 9.97 Å². The molecule has 1 aromatic heterocycles. The van der Waals surface area contributed by atoms with Crippen LogP contribution in [0.15, 0.2) is 6.20 Å². The number of aliphatic hydroxyl groups excluding tert-OH is 1. The number of ether oxygens (including phenoxy) is 1. The number of aromatic nitrogens is 2. The Balaban J connectivity index is 2.29. The summed E-state index contributed by atoms with van der Waals surface area (Å²) in [4.78, 5) is 22.5. The molecule has 1 atom stereocenters. The zero-order chi connectivity index (χ0) is 14.7. The van der Waals surface area contributed by atoms with E-state index in [-0.39, 0.29) is 35.2 Å². The van der Waals surface area contributed by atoms with Gasteiger partial charge in [-0.15, -0.1) is 0 Å². The van der Waals surface area contributed by atoms with Crippen molar-refractivity contribution in [1.29, 1.82) is 0 Å². The van der Waals surface area contributed by atoms with Crippen LogP contribution in [-0.2, 0) is 4.74 Å². The fraction of sp³-hybridized carbons (Fsp3) is 0.615. The minimum absolute atomic E-state index is 0.108. The van der Waals surface area contributed by atoms with Crippen LogP contribution in [0, 0.1) is 0 Å². The van der Waals surface area contributed by atoms with Crippen LogP contribution in [0.25, 0.3) is 0 Å². The van der Waals surface area contributed by atoms with E-state index >= 15 is 0 Å². The molecule has 0 aliphatic carbocycles. The van der Waals surface area contributed by atoms with Gasteiger partial charge in [-0.2, -0.15) is 0 Å². The molecule has 110 valence electrons. The van der Waals surface area contributed by atoms with Gasteiger partial charge < -0.3 is 14.7 Å². The molecule has 1 saturated heterocycles. The second-order valence-corrected chi connectivity index (χ2v) is 5.40. The van der Waals surface area contributed by atoms with Gasteiger partial charge in [0.05, 0.1) is 37.1 Å². The predicted molar refractivity (Wildman–Crippen MR) is 73.9 cm³/mol. The molecular formula is C13H18ClN3O3. The van der Waals surface area contributed by atoms with E-state index in [9.17, 15) is 9.90 Å². The van der Waals surface area contributed by atoms with Crippen LogP contribution >= 0.6 is 11.6 Å². The van der Waals surface area contributed by atoms with Gasteiger partial charge in [0.2, 0.25) is 0 Å². The maximum absolute atomic E-state index is 12.5. The van der Waals surface area contributed by atoms with E-state index < -0.39 is 0 Å². The molecule has 0 aromatic carbocycles. The number of hydrogen-bond acceptors (Lipinski definition) is 5. The molecule has 1 amide bonds. The van der Waals surface area contributed by atoms with Crippen molar-refractivity contribution in [3.8, 4) is 0 Å². The summed E-state index contributed by atoms with van der Waals surface area (Å²) >= 11 is 6.04. The van der Waals surface area contributed by atoms with E-state index in [1.807, 2.05) is 13.8 Å². The molecule has 0 radical (unpaired) electrons. The Bertz CT molecular complexity index is 496. The highest BCUT2D eigenvalue weighted by atomic mass is 35.5. The van der Waals surface area contributed by atoms with Crippen molar-refractivity contribution < 1.29 is 14.6 Å². The molecule has 0 spiro atoms. The Morgan fingerprint density at radius 1 is 1.65 bits per heavy atom. The summed E-state index contributed by atoms with van der Waals surface area (Å²) in [6, 6.07) is -0.357. The molecule has 1 N–H and O–H groups in total. The average molecular weight is 300 g/mol. The smallest absolute Gasteiger partial charge is 0.274 e. The Hall–Kier alpha value is -1.24. The van der Waals surface area contributed by atoms with Crippen molar-refractivity contribution in [2.45, 2.75) is 25.8 Å². The zero-order valence-electron chi connectivity index (χ0n) is 11.5. The molecule has 1 aromatic rings. The first kappa shape index (κ1) is 15.2. The van der Waals surface area contributed by atoms with Gasteiger partial charge in [0.1, 0.15) is 5.82 Å². The predicted octanol–water partition coefficient (Wildman–Crippen LogP) is 1.09. The summed E-state index contributed by atoms with van der Waals surface area (Å²) in [7, 11) is 0. The molecule has 0 bridgehead atoms. The summed E-state index contributed by atoms with van der Waals surface area (Å²) in [5.74, 6) is 0.394. The number of amides is 1. The first-order chi connectivity index (χ1) is 9.54. The van der Waals surface area contributed by atoms with E-state index in [1.165, 1.54) is 6.20 Å². The maximum atomic E-state index is 12.5. The summed E-state index contributed by atoms with van der Waals surface area (Å²) in [6.07, 6.45) is 1.45. The van der Waals surface area contributed by atoms with Crippen molar-refractivity contribution in [2.75, 3.05) is 26.4 Å². The molecule has 1 aliphatic rings. The first-order valence-corrected chi connectivity index (χ1v) is 6.94. The van der Waals surface area contributed by atoms with Gasteiger partial charge in [-0.05, 0) is 0 Å². The molecule has 0 saturated carbocycles. The van der Waals surface area contributed by atoms with Crippen molar-refractivity contribution >= 4 is 17.5 Å². The Morgan fingerprint density at radius 3 is 3.05 bits per heavy atom. The standard InChI is InChI=1S/C13H18ClN3O3/c1-8(2)12-15-5-10(14)11(16-12)13(19)17-3-4-20-7-9(17)6-18/h5,8-9,18H,3-4,6-7H2,1-2H3. The molecule has 20 heavy (non-hydrogen) atoms. The molecule has 7 heteroatoms. The van der Waals surface area contributed by atoms with Crippen LogP contribution < -0.4 is 0 Å². The van der Waals surface area contributed by atoms with Crippen LogP contribution in [0.2, 0.25) is 5.02 Å². The number of aliphatic hydroxyl groups is 1. The number of carbonyl (C=O) groups is 1. The number of hydrogen-bond donors (Lipinski definition) is 1. The highest BCUT2D eigenvalue weighted by Crippen LogP contribution is 2.20. The fourth-order valence-electron chi connectivity index (χ4n) is 2.02. The van der Waals surface area contributed by atoms with Crippen molar-refractivity contribution in [3.05, 3.63) is 22.7 Å². The number of rotatable bonds is 3. The third-order valence-corrected chi connectivity index (χ3v) is 3.46. The third kappa shape index (κ3) is 3.08. The lowest BCUT2D eigenvalue weighted by Crippen LogP contribution is -2.50. The first-order valence-electron chi connectivity index (χ1n) is 6.56. The fourth-order valence-corrected chi connectivity index (χ4v) is 2.19. The van der Waals surface area contributed by atoms with Crippen LogP contribution in [-0.4, -0.2) is 58.3 Å². The topological polar surface area (TPSA) is 75.6 Å². The second kappa shape index (κ2) is 6.47. The molecular weight excluding hydrogens is 282 g/mol. The van der Waals surface area contributed by atoms with Crippen molar-refractivity contribution in [1.82, 2.24) is 14.9 Å². The normalized spacial score (nSPS) is 19.4. The largest absolute Gasteiger partial charge is 0.394 e. The SMILES string of the molecule is CC(C)c1ncc(Cl)c(C(=O)N2CCOCC2CO)n1. The van der Waals surface area contributed by atoms with Crippen molar-refractivity contribution in [2.24, 2.45) is 0 Å². The number of morpholine rings is 1. The highest BCUT2D eigenvalue weighted by molar-refractivity contribution is 6.33. The van der Waals surface area contributed by atoms with Gasteiger partial charge in [0.25, 0.3) is 5.91 Å². The molecule has 2 rings (SSSR count). The summed E-state index contributed by atoms with van der Waals surface area (Å²) < 4.78 is 5.26. The lowest BCUT2D eigenvalue weighted by atomic mass is 10.2. The van der Waals surface area contributed by atoms with Crippen LogP contribution in [0.5, 0.6) is 0 Å². The van der Waals surface area contributed by atoms with Crippen LogP contribution in [0.3, 0.4) is 0 Å². The summed E-state index contributed by atoms with van der Waals surface area (Å²) in [6.45, 7) is 4.93. The van der Waals surface area contributed by atoms with E-state index in [0.717, 1.165) is 0 Å². The minimum atomic E-state index is -0.357. The van der Waals surface area contributed by atoms with Gasteiger partial charge in [-0.1, -0.05) is 25.4 Å². The number of carbonyl (C=O) groups excluding carboxylic acids is 1. The third-order valence-electron chi connectivity index (χ3n) is 3.18. The van der Waals surface area contributed by atoms with E-state index in [2.05, 4.69) is 9.97 Å². The quantitative estimate of drug-likeness (QED) is 0.904. The van der Waals surface area contributed by atoms with E-state index in [0.29, 0.717) is 25.6 Å². The Labute approximate surface area is 122 Å². The second-order valence-electron chi connectivity index (χ2n) is 4.99. The lowest BCUT2D eigenvalue weighted by molar-refractivity contribution is -0.0186. The molecule has 6 nitrogen and oxygen atoms in total. The molecule has 1 aliphatic heterocycles. The highest BCUT2D eigenvalue weighted by Gasteiger charge is 2.30. The number of halogens is 1. The minimum Gasteiger partial charge on any atom is -0.394 e. The van der Waals surface area contributed by atoms with Gasteiger partial charge in [0.15, 0.2) is 5.69 Å². The molecule has 2 heterocycles. The summed E-state index contributed by atoms with van der Waals surface area (Å²) in [5.41, 5.74) is 0.186. The average Bonchev–Trinajstić information content (AvgIpc) is 2.46. The maximum Gasteiger partial charge on any atom is 0.274 e. The Kier molecular flexibility index (Phi) is 4.91. The monoisotopic (exact) mass is 299 g/mol. The zero-order valence-corrected chi connectivity index (χ0v) is 12.3. The van der Waals surface area contributed by atoms with Gasteiger partial charge >= 0.3 is 0 Å². The van der Waals surface area contributed by atoms with E-state index in [4.69, 9.17) is 16.3 Å². The molecule has 1 unspecified atom stereocenters. The van der Waals surface area contributed by atoms with Crippen molar-refractivity contribution in [3.63, 3.8) is 0 Å². The van der Waals surface area contributed by atoms with E-state index in [1.54, 1.807) is 4.90 Å².